The van der Waals surface area contributed by atoms with E-state index in [0.29, 0.717) is 12.8 Å². The Hall–Kier alpha value is -0.180. The molecule has 0 aliphatic rings. The van der Waals surface area contributed by atoms with Crippen LogP contribution in [0.5, 0.6) is 0 Å². The molecule has 6 nitrogen and oxygen atoms in total. The van der Waals surface area contributed by atoms with Crippen LogP contribution in [0.2, 0.25) is 0 Å². The zero-order chi connectivity index (χ0) is 24.7. The average Bonchev–Trinajstić information content (AvgIpc) is 2.72. The first kappa shape index (κ1) is 32.8. The van der Waals surface area contributed by atoms with E-state index in [1.165, 1.54) is 109 Å². The summed E-state index contributed by atoms with van der Waals surface area (Å²) in [5, 5.41) is 0. The average molecular weight is 513 g/mol. The highest BCUT2D eigenvalue weighted by Crippen LogP contribution is 2.15. The minimum atomic E-state index is -3.77. The summed E-state index contributed by atoms with van der Waals surface area (Å²) in [4.78, 5) is 0. The maximum Gasteiger partial charge on any atom is 0.264 e. The number of hydrogen-bond donors (Lipinski definition) is 2. The van der Waals surface area contributed by atoms with Gasteiger partial charge in [0, 0.05) is 0 Å². The van der Waals surface area contributed by atoms with Crippen LogP contribution in [-0.2, 0) is 20.2 Å². The minimum Gasteiger partial charge on any atom is -0.286 e. The van der Waals surface area contributed by atoms with Crippen LogP contribution in [0.1, 0.15) is 148 Å². The second-order valence-corrected chi connectivity index (χ2v) is 12.8. The molecular formula is C25H52O6S2. The Kier molecular flexibility index (Phi) is 22.2. The maximum atomic E-state index is 10.6. The largest absolute Gasteiger partial charge is 0.286 e. The molecule has 2 N–H and O–H groups in total. The predicted octanol–water partition coefficient (Wildman–Crippen LogP) is 7.73. The van der Waals surface area contributed by atoms with Gasteiger partial charge in [0.25, 0.3) is 20.2 Å². The molecule has 0 heterocycles. The summed E-state index contributed by atoms with van der Waals surface area (Å²) in [7, 11) is -7.54. The summed E-state index contributed by atoms with van der Waals surface area (Å²) in [6.45, 7) is 0. The van der Waals surface area contributed by atoms with Gasteiger partial charge in [0.15, 0.2) is 0 Å². The molecule has 0 saturated heterocycles. The van der Waals surface area contributed by atoms with E-state index in [1.807, 2.05) is 0 Å². The van der Waals surface area contributed by atoms with Gasteiger partial charge in [-0.3, -0.25) is 9.11 Å². The fourth-order valence-corrected chi connectivity index (χ4v) is 5.42. The van der Waals surface area contributed by atoms with Crippen LogP contribution in [0, 0.1) is 0 Å². The van der Waals surface area contributed by atoms with Crippen molar-refractivity contribution >= 4 is 20.2 Å². The smallest absolute Gasteiger partial charge is 0.264 e. The van der Waals surface area contributed by atoms with E-state index in [1.54, 1.807) is 0 Å². The molecule has 0 aliphatic carbocycles. The van der Waals surface area contributed by atoms with Crippen LogP contribution in [0.3, 0.4) is 0 Å². The molecule has 0 rings (SSSR count). The molecular weight excluding hydrogens is 460 g/mol. The molecule has 0 radical (unpaired) electrons. The van der Waals surface area contributed by atoms with Crippen molar-refractivity contribution in [3.63, 3.8) is 0 Å². The lowest BCUT2D eigenvalue weighted by atomic mass is 10.0. The van der Waals surface area contributed by atoms with Crippen molar-refractivity contribution in [3.8, 4) is 0 Å². The second-order valence-electron chi connectivity index (χ2n) is 9.70. The van der Waals surface area contributed by atoms with Crippen LogP contribution in [0.15, 0.2) is 0 Å². The Morgan fingerprint density at radius 1 is 0.273 bits per heavy atom. The van der Waals surface area contributed by atoms with Crippen molar-refractivity contribution < 1.29 is 25.9 Å². The molecule has 0 atom stereocenters. The van der Waals surface area contributed by atoms with Crippen molar-refractivity contribution in [2.45, 2.75) is 148 Å². The normalized spacial score (nSPS) is 12.4. The summed E-state index contributed by atoms with van der Waals surface area (Å²) < 4.78 is 59.8. The fourth-order valence-electron chi connectivity index (χ4n) is 4.28. The highest BCUT2D eigenvalue weighted by molar-refractivity contribution is 7.86. The van der Waals surface area contributed by atoms with Gasteiger partial charge in [-0.15, -0.1) is 0 Å². The molecule has 0 aromatic heterocycles. The standard InChI is InChI=1S/C25H52O6S2/c26-32(27,28)24-22-20-18-16-14-12-10-8-6-4-2-1-3-5-7-9-11-13-15-17-19-21-23-25-33(29,30)31/h1-25H2,(H,26,27,28)(H,29,30,31). The Morgan fingerprint density at radius 3 is 0.515 bits per heavy atom. The molecule has 200 valence electrons. The molecule has 0 aromatic carbocycles. The Bertz CT molecular complexity index is 563. The van der Waals surface area contributed by atoms with Gasteiger partial charge < -0.3 is 0 Å². The third kappa shape index (κ3) is 31.8. The lowest BCUT2D eigenvalue weighted by Crippen LogP contribution is -2.03. The fraction of sp³-hybridized carbons (Fsp3) is 1.00. The molecule has 0 unspecified atom stereocenters. The van der Waals surface area contributed by atoms with E-state index in [2.05, 4.69) is 0 Å². The van der Waals surface area contributed by atoms with Crippen molar-refractivity contribution in [1.82, 2.24) is 0 Å². The lowest BCUT2D eigenvalue weighted by molar-refractivity contribution is 0.476. The van der Waals surface area contributed by atoms with Crippen molar-refractivity contribution in [2.24, 2.45) is 0 Å². The summed E-state index contributed by atoms with van der Waals surface area (Å²) >= 11 is 0. The SMILES string of the molecule is O=S(=O)(O)CCCCCCCCCCCCCCCCCCCCCCCCCS(=O)(=O)O. The first-order valence-corrected chi connectivity index (χ1v) is 16.8. The van der Waals surface area contributed by atoms with Crippen molar-refractivity contribution in [3.05, 3.63) is 0 Å². The van der Waals surface area contributed by atoms with Gasteiger partial charge in [0.05, 0.1) is 11.5 Å². The van der Waals surface area contributed by atoms with Gasteiger partial charge in [0.1, 0.15) is 0 Å². The zero-order valence-corrected chi connectivity index (χ0v) is 22.7. The predicted molar refractivity (Wildman–Crippen MR) is 139 cm³/mol. The molecule has 0 spiro atoms. The van der Waals surface area contributed by atoms with Gasteiger partial charge in [-0.05, 0) is 12.8 Å². The first-order chi connectivity index (χ1) is 15.7. The van der Waals surface area contributed by atoms with Gasteiger partial charge in [-0.2, -0.15) is 16.8 Å². The van der Waals surface area contributed by atoms with Gasteiger partial charge in [0.2, 0.25) is 0 Å². The zero-order valence-electron chi connectivity index (χ0n) is 21.0. The molecule has 0 aromatic rings. The lowest BCUT2D eigenvalue weighted by Gasteiger charge is -2.04. The van der Waals surface area contributed by atoms with E-state index >= 15 is 0 Å². The van der Waals surface area contributed by atoms with Crippen LogP contribution in [-0.4, -0.2) is 37.4 Å². The van der Waals surface area contributed by atoms with Crippen molar-refractivity contribution in [2.75, 3.05) is 11.5 Å². The Balaban J connectivity index is 3.09. The van der Waals surface area contributed by atoms with E-state index in [-0.39, 0.29) is 11.5 Å². The molecule has 8 heteroatoms. The molecule has 0 bridgehead atoms. The van der Waals surface area contributed by atoms with Gasteiger partial charge >= 0.3 is 0 Å². The second kappa shape index (κ2) is 22.3. The summed E-state index contributed by atoms with van der Waals surface area (Å²) in [6, 6.07) is 0. The van der Waals surface area contributed by atoms with Gasteiger partial charge in [-0.25, -0.2) is 0 Å². The quantitative estimate of drug-likeness (QED) is 0.0906. The molecule has 33 heavy (non-hydrogen) atoms. The molecule has 0 aliphatic heterocycles. The van der Waals surface area contributed by atoms with Gasteiger partial charge in [-0.1, -0.05) is 135 Å². The van der Waals surface area contributed by atoms with Crippen LogP contribution in [0.4, 0.5) is 0 Å². The first-order valence-electron chi connectivity index (χ1n) is 13.6. The van der Waals surface area contributed by atoms with E-state index in [4.69, 9.17) is 9.11 Å². The minimum absolute atomic E-state index is 0.0968. The van der Waals surface area contributed by atoms with E-state index in [0.717, 1.165) is 25.7 Å². The molecule has 0 fully saturated rings. The Morgan fingerprint density at radius 2 is 0.394 bits per heavy atom. The van der Waals surface area contributed by atoms with Crippen LogP contribution in [0.25, 0.3) is 0 Å². The highest BCUT2D eigenvalue weighted by atomic mass is 32.2. The van der Waals surface area contributed by atoms with E-state index in [9.17, 15) is 16.8 Å². The molecule has 0 amide bonds. The monoisotopic (exact) mass is 512 g/mol. The highest BCUT2D eigenvalue weighted by Gasteiger charge is 2.03. The Labute approximate surface area is 205 Å². The third-order valence-corrected chi connectivity index (χ3v) is 7.91. The number of hydrogen-bond acceptors (Lipinski definition) is 4. The van der Waals surface area contributed by atoms with Crippen LogP contribution >= 0.6 is 0 Å². The van der Waals surface area contributed by atoms with Crippen LogP contribution < -0.4 is 0 Å². The summed E-state index contributed by atoms with van der Waals surface area (Å²) in [5.74, 6) is -0.194. The van der Waals surface area contributed by atoms with Crippen molar-refractivity contribution in [1.29, 1.82) is 0 Å². The summed E-state index contributed by atoms with van der Waals surface area (Å²) in [6.07, 6.45) is 27.3. The number of rotatable bonds is 26. The number of unbranched alkanes of at least 4 members (excludes halogenated alkanes) is 22. The maximum absolute atomic E-state index is 10.6. The van der Waals surface area contributed by atoms with E-state index < -0.39 is 20.2 Å². The summed E-state index contributed by atoms with van der Waals surface area (Å²) in [5.41, 5.74) is 0. The molecule has 0 saturated carbocycles. The third-order valence-electron chi connectivity index (χ3n) is 6.30. The topological polar surface area (TPSA) is 109 Å².